The minimum Gasteiger partial charge on any atom is -0.374 e. The van der Waals surface area contributed by atoms with E-state index in [9.17, 15) is 0 Å². The summed E-state index contributed by atoms with van der Waals surface area (Å²) in [5.74, 6) is 0. The number of aryl methyl sites for hydroxylation is 1. The number of rotatable bonds is 7. The quantitative estimate of drug-likeness (QED) is 0.669. The summed E-state index contributed by atoms with van der Waals surface area (Å²) >= 11 is 0. The molecule has 1 heterocycles. The van der Waals surface area contributed by atoms with Gasteiger partial charge in [-0.3, -0.25) is 0 Å². The Morgan fingerprint density at radius 1 is 1.13 bits per heavy atom. The van der Waals surface area contributed by atoms with Crippen molar-refractivity contribution in [2.75, 3.05) is 20.1 Å². The molecule has 2 heteroatoms. The van der Waals surface area contributed by atoms with Crippen molar-refractivity contribution >= 4 is 0 Å². The molecule has 1 aromatic rings. The van der Waals surface area contributed by atoms with Crippen molar-refractivity contribution in [1.29, 1.82) is 0 Å². The molecule has 1 aliphatic heterocycles. The molecule has 23 heavy (non-hydrogen) atoms. The van der Waals surface area contributed by atoms with Crippen LogP contribution in [0.25, 0.3) is 0 Å². The Hall–Kier alpha value is -0.860. The molecule has 2 rings (SSSR count). The van der Waals surface area contributed by atoms with Crippen LogP contribution in [0.2, 0.25) is 0 Å². The first kappa shape index (κ1) is 18.5. The molecule has 1 fully saturated rings. The summed E-state index contributed by atoms with van der Waals surface area (Å²) in [6.45, 7) is 11.4. The largest absolute Gasteiger partial charge is 0.374 e. The van der Waals surface area contributed by atoms with Gasteiger partial charge in [0.1, 0.15) is 0 Å². The van der Waals surface area contributed by atoms with E-state index in [1.165, 1.54) is 49.8 Å². The van der Waals surface area contributed by atoms with Gasteiger partial charge in [0.15, 0.2) is 0 Å². The van der Waals surface area contributed by atoms with E-state index in [0.717, 1.165) is 6.54 Å². The Morgan fingerprint density at radius 3 is 2.52 bits per heavy atom. The number of benzene rings is 1. The van der Waals surface area contributed by atoms with Crippen LogP contribution in [0.5, 0.6) is 0 Å². The van der Waals surface area contributed by atoms with Gasteiger partial charge in [-0.2, -0.15) is 0 Å². The number of nitrogens with zero attached hydrogens (tertiary/aromatic N) is 1. The summed E-state index contributed by atoms with van der Waals surface area (Å²) < 4.78 is 5.92. The molecule has 0 N–H and O–H groups in total. The zero-order valence-corrected chi connectivity index (χ0v) is 15.8. The van der Waals surface area contributed by atoms with Crippen LogP contribution in [0.1, 0.15) is 64.5 Å². The fraction of sp³-hybridized carbons (Fsp3) is 0.714. The Labute approximate surface area is 143 Å². The molecule has 1 saturated heterocycles. The number of hydrogen-bond acceptors (Lipinski definition) is 2. The third-order valence-electron chi connectivity index (χ3n) is 4.90. The first-order valence-electron chi connectivity index (χ1n) is 9.28. The first-order chi connectivity index (χ1) is 10.9. The van der Waals surface area contributed by atoms with Crippen LogP contribution in [-0.4, -0.2) is 37.2 Å². The Balaban J connectivity index is 1.71. The van der Waals surface area contributed by atoms with Gasteiger partial charge in [0.2, 0.25) is 0 Å². The van der Waals surface area contributed by atoms with E-state index in [-0.39, 0.29) is 5.41 Å². The Morgan fingerprint density at radius 2 is 1.87 bits per heavy atom. The number of hydrogen-bond donors (Lipinski definition) is 0. The number of likely N-dealkylation sites (N-methyl/N-ethyl adjacent to an activating group) is 1. The Bertz CT molecular complexity index is 477. The molecule has 0 amide bonds. The van der Waals surface area contributed by atoms with Gasteiger partial charge < -0.3 is 9.64 Å². The average Bonchev–Trinajstić information content (AvgIpc) is 2.88. The van der Waals surface area contributed by atoms with Crippen molar-refractivity contribution in [1.82, 2.24) is 4.90 Å². The highest BCUT2D eigenvalue weighted by atomic mass is 16.5. The fourth-order valence-corrected chi connectivity index (χ4v) is 3.63. The predicted molar refractivity (Wildman–Crippen MR) is 99.1 cm³/mol. The molecule has 1 aliphatic rings. The zero-order chi connectivity index (χ0) is 16.9. The highest BCUT2D eigenvalue weighted by Gasteiger charge is 2.22. The molecule has 2 atom stereocenters. The molecule has 0 bridgehead atoms. The van der Waals surface area contributed by atoms with Gasteiger partial charge in [-0.15, -0.1) is 0 Å². The van der Waals surface area contributed by atoms with Crippen LogP contribution in [0.3, 0.4) is 0 Å². The summed E-state index contributed by atoms with van der Waals surface area (Å²) in [5, 5.41) is 0. The van der Waals surface area contributed by atoms with Crippen LogP contribution < -0.4 is 0 Å². The van der Waals surface area contributed by atoms with Crippen molar-refractivity contribution < 1.29 is 4.74 Å². The molecular weight excluding hydrogens is 282 g/mol. The van der Waals surface area contributed by atoms with E-state index in [4.69, 9.17) is 4.74 Å². The first-order valence-corrected chi connectivity index (χ1v) is 9.28. The lowest BCUT2D eigenvalue weighted by Gasteiger charge is -2.23. The van der Waals surface area contributed by atoms with E-state index in [1.807, 2.05) is 0 Å². The fourth-order valence-electron chi connectivity index (χ4n) is 3.63. The molecule has 130 valence electrons. The maximum absolute atomic E-state index is 5.92. The molecule has 0 radical (unpaired) electrons. The predicted octanol–water partition coefficient (Wildman–Crippen LogP) is 4.81. The van der Waals surface area contributed by atoms with Gasteiger partial charge in [0, 0.05) is 6.54 Å². The monoisotopic (exact) mass is 317 g/mol. The van der Waals surface area contributed by atoms with Crippen molar-refractivity contribution in [3.05, 3.63) is 35.4 Å². The Kier molecular flexibility index (Phi) is 6.67. The van der Waals surface area contributed by atoms with E-state index in [2.05, 4.69) is 63.9 Å². The van der Waals surface area contributed by atoms with Gasteiger partial charge >= 0.3 is 0 Å². The summed E-state index contributed by atoms with van der Waals surface area (Å²) in [5.41, 5.74) is 3.27. The second kappa shape index (κ2) is 8.30. The normalized spacial score (nSPS) is 22.0. The van der Waals surface area contributed by atoms with E-state index in [1.54, 1.807) is 0 Å². The smallest absolute Gasteiger partial charge is 0.0706 e. The van der Waals surface area contributed by atoms with Crippen LogP contribution in [-0.2, 0) is 16.6 Å². The van der Waals surface area contributed by atoms with Crippen molar-refractivity contribution in [3.8, 4) is 0 Å². The van der Waals surface area contributed by atoms with Crippen molar-refractivity contribution in [3.63, 3.8) is 0 Å². The lowest BCUT2D eigenvalue weighted by atomic mass is 9.82. The summed E-state index contributed by atoms with van der Waals surface area (Å²) in [4.78, 5) is 2.44. The van der Waals surface area contributed by atoms with Crippen LogP contribution in [0.4, 0.5) is 0 Å². The third kappa shape index (κ3) is 5.93. The van der Waals surface area contributed by atoms with Crippen LogP contribution in [0.15, 0.2) is 24.3 Å². The highest BCUT2D eigenvalue weighted by Crippen LogP contribution is 2.26. The van der Waals surface area contributed by atoms with E-state index >= 15 is 0 Å². The van der Waals surface area contributed by atoms with Gasteiger partial charge in [0.25, 0.3) is 0 Å². The average molecular weight is 318 g/mol. The number of ether oxygens (including phenoxy) is 1. The molecule has 0 saturated carbocycles. The van der Waals surface area contributed by atoms with Gasteiger partial charge in [-0.1, -0.05) is 45.0 Å². The molecule has 1 aromatic carbocycles. The summed E-state index contributed by atoms with van der Waals surface area (Å²) in [7, 11) is 2.23. The minimum atomic E-state index is 0.240. The third-order valence-corrected chi connectivity index (χ3v) is 4.90. The lowest BCUT2D eigenvalue weighted by Crippen LogP contribution is -2.30. The molecule has 2 unspecified atom stereocenters. The summed E-state index contributed by atoms with van der Waals surface area (Å²) in [6, 6.07) is 8.94. The summed E-state index contributed by atoms with van der Waals surface area (Å²) in [6.07, 6.45) is 7.08. The van der Waals surface area contributed by atoms with Crippen molar-refractivity contribution in [2.45, 2.75) is 77.4 Å². The molecular formula is C21H35NO. The standard InChI is InChI=1S/C21H35NO/c1-17-13-14-19(23-17)16-22(5)15-9-8-11-18-10-6-7-12-20(18)21(2,3)4/h6-7,10,12,17,19H,8-9,11,13-16H2,1-5H3. The zero-order valence-electron chi connectivity index (χ0n) is 15.8. The molecule has 2 nitrogen and oxygen atoms in total. The highest BCUT2D eigenvalue weighted by molar-refractivity contribution is 5.32. The van der Waals surface area contributed by atoms with Crippen LogP contribution >= 0.6 is 0 Å². The molecule has 0 aliphatic carbocycles. The van der Waals surface area contributed by atoms with Gasteiger partial charge in [0.05, 0.1) is 12.2 Å². The van der Waals surface area contributed by atoms with Crippen LogP contribution in [0, 0.1) is 0 Å². The second-order valence-corrected chi connectivity index (χ2v) is 8.27. The lowest BCUT2D eigenvalue weighted by molar-refractivity contribution is 0.0363. The van der Waals surface area contributed by atoms with Gasteiger partial charge in [-0.25, -0.2) is 0 Å². The maximum atomic E-state index is 5.92. The number of unbranched alkanes of at least 4 members (excludes halogenated alkanes) is 1. The van der Waals surface area contributed by atoms with Gasteiger partial charge in [-0.05, 0) is 69.2 Å². The maximum Gasteiger partial charge on any atom is 0.0706 e. The minimum absolute atomic E-state index is 0.240. The SMILES string of the molecule is CC1CCC(CN(C)CCCCc2ccccc2C(C)(C)C)O1. The molecule has 0 spiro atoms. The topological polar surface area (TPSA) is 12.5 Å². The van der Waals surface area contributed by atoms with E-state index in [0.29, 0.717) is 12.2 Å². The van der Waals surface area contributed by atoms with Crippen molar-refractivity contribution in [2.24, 2.45) is 0 Å². The van der Waals surface area contributed by atoms with E-state index < -0.39 is 0 Å². The second-order valence-electron chi connectivity index (χ2n) is 8.27. The molecule has 0 aromatic heterocycles.